The maximum atomic E-state index is 10.7. The van der Waals surface area contributed by atoms with Crippen LogP contribution in [0.2, 0.25) is 0 Å². The summed E-state index contributed by atoms with van der Waals surface area (Å²) in [6, 6.07) is 2.05. The predicted molar refractivity (Wildman–Crippen MR) is 61.4 cm³/mol. The normalized spacial score (nSPS) is 40.7. The lowest BCUT2D eigenvalue weighted by molar-refractivity contribution is -0.0132. The summed E-state index contributed by atoms with van der Waals surface area (Å²) in [6.45, 7) is 0. The second-order valence-electron chi connectivity index (χ2n) is 4.52. The molecule has 3 rings (SSSR count). The van der Waals surface area contributed by atoms with Gasteiger partial charge in [-0.1, -0.05) is 0 Å². The Morgan fingerprint density at radius 1 is 1.57 bits per heavy atom. The van der Waals surface area contributed by atoms with Gasteiger partial charge < -0.3 is 5.11 Å². The van der Waals surface area contributed by atoms with E-state index in [1.54, 1.807) is 11.3 Å². The summed E-state index contributed by atoms with van der Waals surface area (Å²) in [5, 5.41) is 12.8. The maximum absolute atomic E-state index is 10.7. The number of thiophene rings is 1. The molecule has 14 heavy (non-hydrogen) atoms. The van der Waals surface area contributed by atoms with E-state index >= 15 is 0 Å². The fraction of sp³-hybridized carbons (Fsp3) is 0.636. The molecule has 3 heteroatoms. The molecule has 1 nitrogen and oxygen atoms in total. The van der Waals surface area contributed by atoms with Gasteiger partial charge in [0.15, 0.2) is 0 Å². The third-order valence-electron chi connectivity index (χ3n) is 3.68. The molecule has 0 aliphatic heterocycles. The highest BCUT2D eigenvalue weighted by Crippen LogP contribution is 2.60. The van der Waals surface area contributed by atoms with Crippen molar-refractivity contribution in [2.45, 2.75) is 31.3 Å². The molecule has 2 aliphatic carbocycles. The van der Waals surface area contributed by atoms with Gasteiger partial charge in [0, 0.05) is 4.47 Å². The third-order valence-corrected chi connectivity index (χ3v) is 5.68. The predicted octanol–water partition coefficient (Wildman–Crippen LogP) is 3.52. The zero-order valence-electron chi connectivity index (χ0n) is 7.87. The van der Waals surface area contributed by atoms with E-state index in [1.165, 1.54) is 19.3 Å². The molecule has 76 valence electrons. The third kappa shape index (κ3) is 1.22. The average molecular weight is 273 g/mol. The summed E-state index contributed by atoms with van der Waals surface area (Å²) in [5.74, 6) is 1.36. The van der Waals surface area contributed by atoms with E-state index in [9.17, 15) is 5.11 Å². The van der Waals surface area contributed by atoms with E-state index in [0.29, 0.717) is 5.92 Å². The Morgan fingerprint density at radius 2 is 2.43 bits per heavy atom. The highest BCUT2D eigenvalue weighted by Gasteiger charge is 2.55. The first kappa shape index (κ1) is 9.37. The van der Waals surface area contributed by atoms with Crippen molar-refractivity contribution in [3.8, 4) is 0 Å². The lowest BCUT2D eigenvalue weighted by Crippen LogP contribution is -2.31. The van der Waals surface area contributed by atoms with Gasteiger partial charge in [-0.2, -0.15) is 0 Å². The van der Waals surface area contributed by atoms with Crippen LogP contribution in [0, 0.1) is 11.8 Å². The summed E-state index contributed by atoms with van der Waals surface area (Å²) in [5.41, 5.74) is -0.504. The number of halogens is 1. The van der Waals surface area contributed by atoms with Crippen molar-refractivity contribution in [2.75, 3.05) is 0 Å². The van der Waals surface area contributed by atoms with Crippen LogP contribution in [0.15, 0.2) is 15.9 Å². The molecule has 1 heterocycles. The van der Waals surface area contributed by atoms with Crippen LogP contribution in [0.1, 0.15) is 30.6 Å². The van der Waals surface area contributed by atoms with Crippen LogP contribution in [0.4, 0.5) is 0 Å². The summed E-state index contributed by atoms with van der Waals surface area (Å²) >= 11 is 5.22. The minimum absolute atomic E-state index is 0.504. The molecule has 0 bridgehead atoms. The van der Waals surface area contributed by atoms with Crippen molar-refractivity contribution in [3.63, 3.8) is 0 Å². The molecule has 0 amide bonds. The number of rotatable bonds is 1. The molecule has 3 unspecified atom stereocenters. The Hall–Kier alpha value is 0.140. The molecule has 2 saturated carbocycles. The molecule has 1 N–H and O–H groups in total. The Labute approximate surface area is 96.3 Å². The fourth-order valence-electron chi connectivity index (χ4n) is 2.86. The summed E-state index contributed by atoms with van der Waals surface area (Å²) in [7, 11) is 0. The summed E-state index contributed by atoms with van der Waals surface area (Å²) in [4.78, 5) is 1.16. The van der Waals surface area contributed by atoms with Crippen molar-refractivity contribution in [1.82, 2.24) is 0 Å². The zero-order valence-corrected chi connectivity index (χ0v) is 10.3. The van der Waals surface area contributed by atoms with Crippen LogP contribution in [0.25, 0.3) is 0 Å². The Bertz CT molecular complexity index is 362. The standard InChI is InChI=1S/C11H13BrOS/c12-9-3-5-14-10(9)11(13)4-1-2-7-6-8(7)11/h3,5,7-8,13H,1-2,4,6H2. The second kappa shape index (κ2) is 3.06. The van der Waals surface area contributed by atoms with Gasteiger partial charge in [0.25, 0.3) is 0 Å². The van der Waals surface area contributed by atoms with E-state index in [0.717, 1.165) is 21.7 Å². The SMILES string of the molecule is OC1(c2sccc2Br)CCCC2CC21. The quantitative estimate of drug-likeness (QED) is 0.830. The highest BCUT2D eigenvalue weighted by molar-refractivity contribution is 9.10. The summed E-state index contributed by atoms with van der Waals surface area (Å²) in [6.07, 6.45) is 4.70. The maximum Gasteiger partial charge on any atom is 0.103 e. The Balaban J connectivity index is 1.99. The van der Waals surface area contributed by atoms with E-state index in [-0.39, 0.29) is 0 Å². The van der Waals surface area contributed by atoms with Gasteiger partial charge in [-0.25, -0.2) is 0 Å². The smallest absolute Gasteiger partial charge is 0.103 e. The monoisotopic (exact) mass is 272 g/mol. The first-order valence-corrected chi connectivity index (χ1v) is 6.85. The minimum atomic E-state index is -0.504. The van der Waals surface area contributed by atoms with Gasteiger partial charge in [0.2, 0.25) is 0 Å². The molecule has 1 aromatic rings. The van der Waals surface area contributed by atoms with Gasteiger partial charge in [0.05, 0.1) is 4.88 Å². The molecule has 2 fully saturated rings. The zero-order chi connectivity index (χ0) is 9.76. The molecular weight excluding hydrogens is 260 g/mol. The second-order valence-corrected chi connectivity index (χ2v) is 6.29. The lowest BCUT2D eigenvalue weighted by atomic mass is 9.83. The average Bonchev–Trinajstić information content (AvgIpc) is 2.83. The van der Waals surface area contributed by atoms with E-state index in [2.05, 4.69) is 21.3 Å². The van der Waals surface area contributed by atoms with Gasteiger partial charge in [-0.3, -0.25) is 0 Å². The van der Waals surface area contributed by atoms with Crippen LogP contribution in [0.3, 0.4) is 0 Å². The topological polar surface area (TPSA) is 20.2 Å². The van der Waals surface area contributed by atoms with Crippen molar-refractivity contribution in [1.29, 1.82) is 0 Å². The molecule has 3 atom stereocenters. The Kier molecular flexibility index (Phi) is 2.05. The van der Waals surface area contributed by atoms with E-state index < -0.39 is 5.60 Å². The number of fused-ring (bicyclic) bond motifs is 1. The molecule has 0 spiro atoms. The van der Waals surface area contributed by atoms with Crippen LogP contribution < -0.4 is 0 Å². The molecular formula is C11H13BrOS. The fourth-order valence-corrected chi connectivity index (χ4v) is 4.76. The van der Waals surface area contributed by atoms with E-state index in [4.69, 9.17) is 0 Å². The van der Waals surface area contributed by atoms with Crippen molar-refractivity contribution in [2.24, 2.45) is 11.8 Å². The number of hydrogen-bond donors (Lipinski definition) is 1. The van der Waals surface area contributed by atoms with Crippen molar-refractivity contribution < 1.29 is 5.11 Å². The molecule has 1 aromatic heterocycles. The van der Waals surface area contributed by atoms with Crippen LogP contribution in [0.5, 0.6) is 0 Å². The van der Waals surface area contributed by atoms with E-state index in [1.807, 2.05) is 6.07 Å². The van der Waals surface area contributed by atoms with Gasteiger partial charge >= 0.3 is 0 Å². The molecule has 0 aromatic carbocycles. The van der Waals surface area contributed by atoms with Crippen LogP contribution in [-0.4, -0.2) is 5.11 Å². The first-order chi connectivity index (χ1) is 6.72. The summed E-state index contributed by atoms with van der Waals surface area (Å²) < 4.78 is 1.09. The largest absolute Gasteiger partial charge is 0.384 e. The van der Waals surface area contributed by atoms with Gasteiger partial charge in [0.1, 0.15) is 5.60 Å². The minimum Gasteiger partial charge on any atom is -0.384 e. The van der Waals surface area contributed by atoms with Crippen molar-refractivity contribution >= 4 is 27.3 Å². The number of aliphatic hydroxyl groups is 1. The molecule has 2 aliphatic rings. The van der Waals surface area contributed by atoms with Crippen LogP contribution >= 0.6 is 27.3 Å². The van der Waals surface area contributed by atoms with Crippen LogP contribution in [-0.2, 0) is 5.60 Å². The lowest BCUT2D eigenvalue weighted by Gasteiger charge is -2.31. The van der Waals surface area contributed by atoms with Gasteiger partial charge in [-0.05, 0) is 64.9 Å². The first-order valence-electron chi connectivity index (χ1n) is 5.17. The molecule has 0 saturated heterocycles. The van der Waals surface area contributed by atoms with Crippen molar-refractivity contribution in [3.05, 3.63) is 20.8 Å². The highest BCUT2D eigenvalue weighted by atomic mass is 79.9. The number of hydrogen-bond acceptors (Lipinski definition) is 2. The van der Waals surface area contributed by atoms with Gasteiger partial charge in [-0.15, -0.1) is 11.3 Å². The molecule has 0 radical (unpaired) electrons. The Morgan fingerprint density at radius 3 is 3.14 bits per heavy atom.